The number of H-pyrrole nitrogens is 1. The monoisotopic (exact) mass is 349 g/mol. The number of benzene rings is 1. The SMILES string of the molecule is NC(=O)/C=C/c1c[nH]c2ncc(-c3cnc4ccc(Cl)cc4c3)nc12. The first-order valence-electron chi connectivity index (χ1n) is 7.47. The van der Waals surface area contributed by atoms with Gasteiger partial charge in [-0.2, -0.15) is 0 Å². The molecule has 0 bridgehead atoms. The van der Waals surface area contributed by atoms with Crippen LogP contribution in [0, 0.1) is 0 Å². The largest absolute Gasteiger partial charge is 0.366 e. The van der Waals surface area contributed by atoms with Crippen LogP contribution in [0.2, 0.25) is 5.02 Å². The Bertz CT molecular complexity index is 1150. The highest BCUT2D eigenvalue weighted by Crippen LogP contribution is 2.25. The number of carbonyl (C=O) groups is 1. The number of fused-ring (bicyclic) bond motifs is 2. The molecule has 3 heterocycles. The first-order chi connectivity index (χ1) is 12.1. The Kier molecular flexibility index (Phi) is 3.66. The number of amides is 1. The molecule has 0 saturated heterocycles. The molecule has 0 aliphatic heterocycles. The van der Waals surface area contributed by atoms with Crippen LogP contribution < -0.4 is 5.73 Å². The van der Waals surface area contributed by atoms with Crippen molar-refractivity contribution in [3.05, 3.63) is 59.5 Å². The molecule has 0 radical (unpaired) electrons. The van der Waals surface area contributed by atoms with Gasteiger partial charge in [0.25, 0.3) is 0 Å². The zero-order valence-electron chi connectivity index (χ0n) is 12.9. The van der Waals surface area contributed by atoms with Crippen molar-refractivity contribution in [1.82, 2.24) is 19.9 Å². The van der Waals surface area contributed by atoms with Gasteiger partial charge in [0.2, 0.25) is 5.91 Å². The molecule has 25 heavy (non-hydrogen) atoms. The van der Waals surface area contributed by atoms with Gasteiger partial charge in [0, 0.05) is 40.0 Å². The number of nitrogens with one attached hydrogen (secondary N) is 1. The van der Waals surface area contributed by atoms with E-state index in [1.54, 1.807) is 30.7 Å². The zero-order valence-corrected chi connectivity index (χ0v) is 13.7. The maximum Gasteiger partial charge on any atom is 0.241 e. The van der Waals surface area contributed by atoms with Crippen molar-refractivity contribution in [3.8, 4) is 11.3 Å². The standard InChI is InChI=1S/C18H12ClN5O/c19-13-2-3-14-11(6-13)5-12(8-21-14)15-9-23-18-17(24-15)10(7-22-18)1-4-16(20)25/h1-9H,(H2,20,25)(H,22,23)/b4-1+. The number of aromatic nitrogens is 4. The van der Waals surface area contributed by atoms with E-state index in [9.17, 15) is 4.79 Å². The Labute approximate surface area is 147 Å². The lowest BCUT2D eigenvalue weighted by atomic mass is 10.1. The smallest absolute Gasteiger partial charge is 0.241 e. The molecule has 4 aromatic rings. The maximum absolute atomic E-state index is 10.9. The van der Waals surface area contributed by atoms with Crippen molar-refractivity contribution in [2.75, 3.05) is 0 Å². The summed E-state index contributed by atoms with van der Waals surface area (Å²) in [5.41, 5.74) is 9.53. The molecule has 3 N–H and O–H groups in total. The summed E-state index contributed by atoms with van der Waals surface area (Å²) >= 11 is 6.06. The number of halogens is 1. The number of nitrogens with zero attached hydrogens (tertiary/aromatic N) is 3. The van der Waals surface area contributed by atoms with Crippen LogP contribution >= 0.6 is 11.6 Å². The average Bonchev–Trinajstić information content (AvgIpc) is 3.01. The van der Waals surface area contributed by atoms with Crippen LogP contribution in [0.25, 0.3) is 39.4 Å². The molecule has 4 rings (SSSR count). The number of primary amides is 1. The Hall–Kier alpha value is -3.25. The van der Waals surface area contributed by atoms with Crippen LogP contribution in [0.3, 0.4) is 0 Å². The molecule has 0 atom stereocenters. The fraction of sp³-hybridized carbons (Fsp3) is 0. The maximum atomic E-state index is 10.9. The van der Waals surface area contributed by atoms with Gasteiger partial charge in [-0.3, -0.25) is 9.78 Å². The minimum absolute atomic E-state index is 0.519. The second-order valence-electron chi connectivity index (χ2n) is 5.49. The summed E-state index contributed by atoms with van der Waals surface area (Å²) in [7, 11) is 0. The zero-order chi connectivity index (χ0) is 17.4. The van der Waals surface area contributed by atoms with Crippen molar-refractivity contribution in [3.63, 3.8) is 0 Å². The molecule has 0 aliphatic rings. The summed E-state index contributed by atoms with van der Waals surface area (Å²) in [6, 6.07) is 7.50. The topological polar surface area (TPSA) is 97.6 Å². The molecule has 7 heteroatoms. The fourth-order valence-corrected chi connectivity index (χ4v) is 2.77. The molecule has 0 aliphatic carbocycles. The molecule has 3 aromatic heterocycles. The number of carbonyl (C=O) groups excluding carboxylic acids is 1. The Morgan fingerprint density at radius 2 is 2.08 bits per heavy atom. The van der Waals surface area contributed by atoms with E-state index in [1.807, 2.05) is 18.2 Å². The Balaban J connectivity index is 1.83. The second-order valence-corrected chi connectivity index (χ2v) is 5.93. The van der Waals surface area contributed by atoms with Gasteiger partial charge in [0.15, 0.2) is 5.65 Å². The lowest BCUT2D eigenvalue weighted by Gasteiger charge is -2.03. The van der Waals surface area contributed by atoms with E-state index < -0.39 is 5.91 Å². The first kappa shape index (κ1) is 15.3. The van der Waals surface area contributed by atoms with E-state index in [1.165, 1.54) is 6.08 Å². The fourth-order valence-electron chi connectivity index (χ4n) is 2.59. The van der Waals surface area contributed by atoms with Gasteiger partial charge in [-0.1, -0.05) is 11.6 Å². The van der Waals surface area contributed by atoms with Crippen molar-refractivity contribution in [1.29, 1.82) is 0 Å². The van der Waals surface area contributed by atoms with E-state index in [0.717, 1.165) is 22.0 Å². The molecular formula is C18H12ClN5O. The quantitative estimate of drug-likeness (QED) is 0.554. The number of nitrogens with two attached hydrogens (primary N) is 1. The molecule has 0 fully saturated rings. The van der Waals surface area contributed by atoms with Gasteiger partial charge < -0.3 is 10.7 Å². The van der Waals surface area contributed by atoms with E-state index in [-0.39, 0.29) is 0 Å². The van der Waals surface area contributed by atoms with Crippen LogP contribution in [0.15, 0.2) is 48.9 Å². The molecule has 0 unspecified atom stereocenters. The molecule has 122 valence electrons. The van der Waals surface area contributed by atoms with E-state index in [0.29, 0.717) is 21.9 Å². The predicted molar refractivity (Wildman–Crippen MR) is 97.9 cm³/mol. The lowest BCUT2D eigenvalue weighted by Crippen LogP contribution is -2.05. The average molecular weight is 350 g/mol. The third-order valence-corrected chi connectivity index (χ3v) is 4.01. The summed E-state index contributed by atoms with van der Waals surface area (Å²) in [5, 5.41) is 1.58. The van der Waals surface area contributed by atoms with Crippen LogP contribution in [0.4, 0.5) is 0 Å². The second kappa shape index (κ2) is 5.99. The van der Waals surface area contributed by atoms with Crippen molar-refractivity contribution >= 4 is 45.7 Å². The first-order valence-corrected chi connectivity index (χ1v) is 7.85. The van der Waals surface area contributed by atoms with Crippen LogP contribution in [-0.2, 0) is 4.79 Å². The van der Waals surface area contributed by atoms with Crippen molar-refractivity contribution in [2.45, 2.75) is 0 Å². The number of hydrogen-bond acceptors (Lipinski definition) is 4. The van der Waals surface area contributed by atoms with E-state index in [2.05, 4.69) is 19.9 Å². The number of rotatable bonds is 3. The molecule has 0 saturated carbocycles. The van der Waals surface area contributed by atoms with Gasteiger partial charge in [0.1, 0.15) is 5.52 Å². The Morgan fingerprint density at radius 3 is 2.92 bits per heavy atom. The molecule has 0 spiro atoms. The normalized spacial score (nSPS) is 11.6. The number of hydrogen-bond donors (Lipinski definition) is 2. The summed E-state index contributed by atoms with van der Waals surface area (Å²) in [5.74, 6) is -0.519. The van der Waals surface area contributed by atoms with E-state index in [4.69, 9.17) is 17.3 Å². The predicted octanol–water partition coefficient (Wildman–Crippen LogP) is 3.33. The van der Waals surface area contributed by atoms with E-state index >= 15 is 0 Å². The molecular weight excluding hydrogens is 338 g/mol. The summed E-state index contributed by atoms with van der Waals surface area (Å²) in [6.07, 6.45) is 8.05. The van der Waals surface area contributed by atoms with Crippen LogP contribution in [-0.4, -0.2) is 25.8 Å². The van der Waals surface area contributed by atoms with Crippen LogP contribution in [0.1, 0.15) is 5.56 Å². The Morgan fingerprint density at radius 1 is 1.20 bits per heavy atom. The van der Waals surface area contributed by atoms with Gasteiger partial charge in [-0.05, 0) is 30.3 Å². The third-order valence-electron chi connectivity index (χ3n) is 3.78. The molecule has 1 aromatic carbocycles. The lowest BCUT2D eigenvalue weighted by molar-refractivity contribution is -0.113. The van der Waals surface area contributed by atoms with Gasteiger partial charge >= 0.3 is 0 Å². The van der Waals surface area contributed by atoms with Gasteiger partial charge in [-0.15, -0.1) is 0 Å². The minimum atomic E-state index is -0.519. The minimum Gasteiger partial charge on any atom is -0.366 e. The van der Waals surface area contributed by atoms with Gasteiger partial charge in [0.05, 0.1) is 17.4 Å². The number of pyridine rings is 1. The van der Waals surface area contributed by atoms with Crippen molar-refractivity contribution < 1.29 is 4.79 Å². The number of aromatic amines is 1. The summed E-state index contributed by atoms with van der Waals surface area (Å²) in [6.45, 7) is 0. The highest BCUT2D eigenvalue weighted by Gasteiger charge is 2.09. The highest BCUT2D eigenvalue weighted by molar-refractivity contribution is 6.31. The molecule has 6 nitrogen and oxygen atoms in total. The van der Waals surface area contributed by atoms with Crippen LogP contribution in [0.5, 0.6) is 0 Å². The molecule has 1 amide bonds. The van der Waals surface area contributed by atoms with Crippen molar-refractivity contribution in [2.24, 2.45) is 5.73 Å². The highest BCUT2D eigenvalue weighted by atomic mass is 35.5. The summed E-state index contributed by atoms with van der Waals surface area (Å²) in [4.78, 5) is 27.4. The third kappa shape index (κ3) is 2.95. The summed E-state index contributed by atoms with van der Waals surface area (Å²) < 4.78 is 0. The van der Waals surface area contributed by atoms with Gasteiger partial charge in [-0.25, -0.2) is 9.97 Å².